The van der Waals surface area contributed by atoms with Gasteiger partial charge in [0.1, 0.15) is 11.6 Å². The molecule has 0 aliphatic rings. The van der Waals surface area contributed by atoms with Crippen molar-refractivity contribution in [2.45, 2.75) is 10.9 Å². The van der Waals surface area contributed by atoms with Gasteiger partial charge in [-0.15, -0.1) is 0 Å². The van der Waals surface area contributed by atoms with Crippen LogP contribution in [0.5, 0.6) is 0 Å². The molecule has 2 aromatic carbocycles. The molecule has 0 fully saturated rings. The molecule has 0 radical (unpaired) electrons. The monoisotopic (exact) mass is 399 g/mol. The summed E-state index contributed by atoms with van der Waals surface area (Å²) >= 11 is 0. The Morgan fingerprint density at radius 3 is 2.26 bits per heavy atom. The SMILES string of the molecule is CN(C)C(CNc1ccc([N+](=O)[O-])cc1S(C)(=O)=O)c1c(F)cccc1F. The Morgan fingerprint density at radius 1 is 1.19 bits per heavy atom. The standard InChI is InChI=1S/C17H19F2N3O4S/c1-21(2)15(17-12(18)5-4-6-13(17)19)10-20-14-8-7-11(22(23)24)9-16(14)27(3,25)26/h4-9,15,20H,10H2,1-3H3. The molecule has 0 aromatic heterocycles. The van der Waals surface area contributed by atoms with Crippen LogP contribution in [-0.2, 0) is 9.84 Å². The van der Waals surface area contributed by atoms with E-state index in [2.05, 4.69) is 5.32 Å². The van der Waals surface area contributed by atoms with Crippen molar-refractivity contribution >= 4 is 21.2 Å². The third kappa shape index (κ3) is 4.77. The Morgan fingerprint density at radius 2 is 1.78 bits per heavy atom. The van der Waals surface area contributed by atoms with Crippen molar-refractivity contribution in [3.8, 4) is 0 Å². The number of halogens is 2. The lowest BCUT2D eigenvalue weighted by Gasteiger charge is -2.26. The molecular formula is C17H19F2N3O4S. The number of rotatable bonds is 7. The van der Waals surface area contributed by atoms with E-state index in [1.54, 1.807) is 19.0 Å². The topological polar surface area (TPSA) is 92.5 Å². The molecule has 0 aliphatic heterocycles. The maximum absolute atomic E-state index is 14.1. The molecule has 1 unspecified atom stereocenters. The first-order valence-electron chi connectivity index (χ1n) is 7.85. The van der Waals surface area contributed by atoms with Gasteiger partial charge < -0.3 is 10.2 Å². The molecule has 0 bridgehead atoms. The zero-order chi connectivity index (χ0) is 20.4. The maximum Gasteiger partial charge on any atom is 0.270 e. The third-order valence-corrected chi connectivity index (χ3v) is 5.15. The van der Waals surface area contributed by atoms with E-state index < -0.39 is 32.4 Å². The number of nitro benzene ring substituents is 1. The van der Waals surface area contributed by atoms with Gasteiger partial charge in [-0.25, -0.2) is 17.2 Å². The number of hydrogen-bond donors (Lipinski definition) is 1. The van der Waals surface area contributed by atoms with Gasteiger partial charge in [-0.2, -0.15) is 0 Å². The summed E-state index contributed by atoms with van der Waals surface area (Å²) in [6, 6.07) is 6.17. The first-order chi connectivity index (χ1) is 12.5. The van der Waals surface area contributed by atoms with Crippen LogP contribution in [0.3, 0.4) is 0 Å². The smallest absolute Gasteiger partial charge is 0.270 e. The molecule has 0 amide bonds. The Labute approximate surface area is 155 Å². The third-order valence-electron chi connectivity index (χ3n) is 4.02. The Bertz CT molecular complexity index is 944. The Kier molecular flexibility index (Phi) is 6.11. The predicted molar refractivity (Wildman–Crippen MR) is 97.5 cm³/mol. The molecule has 0 saturated carbocycles. The summed E-state index contributed by atoms with van der Waals surface area (Å²) in [6.45, 7) is -0.0226. The highest BCUT2D eigenvalue weighted by Crippen LogP contribution is 2.29. The van der Waals surface area contributed by atoms with Crippen molar-refractivity contribution in [1.82, 2.24) is 4.90 Å². The summed E-state index contributed by atoms with van der Waals surface area (Å²) in [4.78, 5) is 11.5. The lowest BCUT2D eigenvalue weighted by Crippen LogP contribution is -2.29. The normalized spacial score (nSPS) is 12.8. The van der Waals surface area contributed by atoms with Gasteiger partial charge in [0.15, 0.2) is 9.84 Å². The molecule has 0 heterocycles. The van der Waals surface area contributed by atoms with Crippen LogP contribution in [-0.4, -0.2) is 45.1 Å². The van der Waals surface area contributed by atoms with Gasteiger partial charge in [-0.1, -0.05) is 6.07 Å². The highest BCUT2D eigenvalue weighted by atomic mass is 32.2. The molecule has 0 saturated heterocycles. The van der Waals surface area contributed by atoms with Crippen molar-refractivity contribution in [3.63, 3.8) is 0 Å². The predicted octanol–water partition coefficient (Wildman–Crippen LogP) is 2.99. The fourth-order valence-corrected chi connectivity index (χ4v) is 3.53. The summed E-state index contributed by atoms with van der Waals surface area (Å²) in [5.74, 6) is -1.44. The van der Waals surface area contributed by atoms with E-state index in [0.29, 0.717) is 0 Å². The van der Waals surface area contributed by atoms with Crippen molar-refractivity contribution < 1.29 is 22.1 Å². The van der Waals surface area contributed by atoms with Gasteiger partial charge in [0.2, 0.25) is 0 Å². The van der Waals surface area contributed by atoms with E-state index in [9.17, 15) is 27.3 Å². The molecule has 10 heteroatoms. The van der Waals surface area contributed by atoms with Crippen LogP contribution in [0.2, 0.25) is 0 Å². The molecule has 2 rings (SSSR count). The van der Waals surface area contributed by atoms with Crippen molar-refractivity contribution in [2.75, 3.05) is 32.2 Å². The summed E-state index contributed by atoms with van der Waals surface area (Å²) in [6.07, 6.45) is 0.928. The first-order valence-corrected chi connectivity index (χ1v) is 9.74. The van der Waals surface area contributed by atoms with E-state index in [1.165, 1.54) is 12.1 Å². The first kappa shape index (κ1) is 20.7. The second-order valence-corrected chi connectivity index (χ2v) is 8.19. The van der Waals surface area contributed by atoms with Crippen molar-refractivity contribution in [2.24, 2.45) is 0 Å². The molecule has 0 spiro atoms. The van der Waals surface area contributed by atoms with Crippen molar-refractivity contribution in [3.05, 3.63) is 63.7 Å². The highest BCUT2D eigenvalue weighted by molar-refractivity contribution is 7.90. The van der Waals surface area contributed by atoms with Crippen LogP contribution >= 0.6 is 0 Å². The van der Waals surface area contributed by atoms with E-state index in [0.717, 1.165) is 30.5 Å². The fraction of sp³-hybridized carbons (Fsp3) is 0.294. The zero-order valence-electron chi connectivity index (χ0n) is 14.9. The summed E-state index contributed by atoms with van der Waals surface area (Å²) < 4.78 is 52.2. The van der Waals surface area contributed by atoms with E-state index >= 15 is 0 Å². The van der Waals surface area contributed by atoms with Crippen LogP contribution in [0.15, 0.2) is 41.3 Å². The van der Waals surface area contributed by atoms with Gasteiger partial charge in [0.05, 0.1) is 21.5 Å². The number of nitrogens with one attached hydrogen (secondary N) is 1. The molecule has 7 nitrogen and oxygen atoms in total. The number of nitrogens with zero attached hydrogens (tertiary/aromatic N) is 2. The quantitative estimate of drug-likeness (QED) is 0.568. The van der Waals surface area contributed by atoms with Gasteiger partial charge in [0, 0.05) is 30.5 Å². The molecule has 2 aromatic rings. The number of benzene rings is 2. The number of nitro groups is 1. The number of hydrogen-bond acceptors (Lipinski definition) is 6. The summed E-state index contributed by atoms with van der Waals surface area (Å²) in [5, 5.41) is 13.8. The number of non-ortho nitro benzene ring substituents is 1. The lowest BCUT2D eigenvalue weighted by molar-refractivity contribution is -0.385. The van der Waals surface area contributed by atoms with Crippen LogP contribution in [0.25, 0.3) is 0 Å². The summed E-state index contributed by atoms with van der Waals surface area (Å²) in [7, 11) is -0.506. The second-order valence-electron chi connectivity index (χ2n) is 6.21. The number of sulfone groups is 1. The minimum atomic E-state index is -3.77. The maximum atomic E-state index is 14.1. The van der Waals surface area contributed by atoms with Crippen LogP contribution in [0.4, 0.5) is 20.2 Å². The number of anilines is 1. The van der Waals surface area contributed by atoms with E-state index in [4.69, 9.17) is 0 Å². The van der Waals surface area contributed by atoms with E-state index in [-0.39, 0.29) is 28.4 Å². The Hall–Kier alpha value is -2.59. The minimum Gasteiger partial charge on any atom is -0.382 e. The largest absolute Gasteiger partial charge is 0.382 e. The van der Waals surface area contributed by atoms with Crippen LogP contribution in [0.1, 0.15) is 11.6 Å². The van der Waals surface area contributed by atoms with Crippen LogP contribution in [0, 0.1) is 21.7 Å². The van der Waals surface area contributed by atoms with Crippen LogP contribution < -0.4 is 5.32 Å². The molecular weight excluding hydrogens is 380 g/mol. The van der Waals surface area contributed by atoms with Gasteiger partial charge in [0.25, 0.3) is 5.69 Å². The molecule has 1 atom stereocenters. The molecule has 27 heavy (non-hydrogen) atoms. The number of likely N-dealkylation sites (N-methyl/N-ethyl adjacent to an activating group) is 1. The van der Waals surface area contributed by atoms with Crippen molar-refractivity contribution in [1.29, 1.82) is 0 Å². The molecule has 0 aliphatic carbocycles. The average molecular weight is 399 g/mol. The average Bonchev–Trinajstić information content (AvgIpc) is 2.56. The van der Waals surface area contributed by atoms with Gasteiger partial charge in [-0.05, 0) is 32.3 Å². The van der Waals surface area contributed by atoms with E-state index in [1.807, 2.05) is 0 Å². The van der Waals surface area contributed by atoms with Gasteiger partial charge in [-0.3, -0.25) is 10.1 Å². The molecule has 146 valence electrons. The highest BCUT2D eigenvalue weighted by Gasteiger charge is 2.24. The van der Waals surface area contributed by atoms with Gasteiger partial charge >= 0.3 is 0 Å². The Balaban J connectivity index is 2.40. The fourth-order valence-electron chi connectivity index (χ4n) is 2.66. The zero-order valence-corrected chi connectivity index (χ0v) is 15.8. The second kappa shape index (κ2) is 7.97. The lowest BCUT2D eigenvalue weighted by atomic mass is 10.0. The molecule has 1 N–H and O–H groups in total. The minimum absolute atomic E-state index is 0.0226. The summed E-state index contributed by atoms with van der Waals surface area (Å²) in [5.41, 5.74) is -0.408.